The second-order valence-corrected chi connectivity index (χ2v) is 5.70. The highest BCUT2D eigenvalue weighted by atomic mass is 32.2. The topological polar surface area (TPSA) is 83.6 Å². The van der Waals surface area contributed by atoms with Gasteiger partial charge in [-0.3, -0.25) is 0 Å². The predicted molar refractivity (Wildman–Crippen MR) is 63.0 cm³/mol. The first-order valence-electron chi connectivity index (χ1n) is 5.23. The lowest BCUT2D eigenvalue weighted by Gasteiger charge is -2.22. The van der Waals surface area contributed by atoms with Crippen LogP contribution in [0, 0.1) is 0 Å². The van der Waals surface area contributed by atoms with Gasteiger partial charge in [-0.05, 0) is 18.2 Å². The van der Waals surface area contributed by atoms with Crippen molar-refractivity contribution in [3.05, 3.63) is 18.2 Å². The largest absolute Gasteiger partial charge is 0.506 e. The molecule has 0 aliphatic heterocycles. The number of phenols is 1. The number of alkyl halides is 3. The van der Waals surface area contributed by atoms with Crippen LogP contribution in [0.25, 0.3) is 0 Å². The first kappa shape index (κ1) is 15.6. The van der Waals surface area contributed by atoms with E-state index in [0.29, 0.717) is 4.31 Å². The van der Waals surface area contributed by atoms with Crippen LogP contribution in [0.3, 0.4) is 0 Å². The fraction of sp³-hybridized carbons (Fsp3) is 0.400. The number of nitrogens with zero attached hydrogens (tertiary/aromatic N) is 1. The van der Waals surface area contributed by atoms with E-state index in [1.165, 1.54) is 6.92 Å². The Morgan fingerprint density at radius 3 is 2.37 bits per heavy atom. The summed E-state index contributed by atoms with van der Waals surface area (Å²) in [7, 11) is -4.30. The number of aromatic hydroxyl groups is 1. The van der Waals surface area contributed by atoms with Crippen LogP contribution in [0.5, 0.6) is 5.75 Å². The van der Waals surface area contributed by atoms with E-state index in [9.17, 15) is 26.7 Å². The molecule has 0 amide bonds. The molecule has 19 heavy (non-hydrogen) atoms. The molecule has 108 valence electrons. The summed E-state index contributed by atoms with van der Waals surface area (Å²) in [5.41, 5.74) is 5.11. The Morgan fingerprint density at radius 2 is 1.95 bits per heavy atom. The molecule has 9 heteroatoms. The van der Waals surface area contributed by atoms with Crippen molar-refractivity contribution in [2.24, 2.45) is 0 Å². The molecular weight excluding hydrogens is 285 g/mol. The smallest absolute Gasteiger partial charge is 0.402 e. The fourth-order valence-corrected chi connectivity index (χ4v) is 2.88. The lowest BCUT2D eigenvalue weighted by atomic mass is 10.3. The lowest BCUT2D eigenvalue weighted by Crippen LogP contribution is -2.38. The first-order chi connectivity index (χ1) is 8.58. The highest BCUT2D eigenvalue weighted by molar-refractivity contribution is 7.89. The van der Waals surface area contributed by atoms with Gasteiger partial charge >= 0.3 is 6.18 Å². The minimum absolute atomic E-state index is 0.218. The number of anilines is 1. The van der Waals surface area contributed by atoms with Gasteiger partial charge in [0.15, 0.2) is 0 Å². The molecule has 0 aliphatic carbocycles. The molecular formula is C10H13F3N2O3S. The van der Waals surface area contributed by atoms with Crippen LogP contribution in [-0.2, 0) is 10.0 Å². The number of benzene rings is 1. The van der Waals surface area contributed by atoms with Crippen molar-refractivity contribution in [3.8, 4) is 5.75 Å². The third-order valence-electron chi connectivity index (χ3n) is 2.35. The molecule has 5 nitrogen and oxygen atoms in total. The van der Waals surface area contributed by atoms with Crippen LogP contribution in [0.2, 0.25) is 0 Å². The molecule has 0 bridgehead atoms. The molecule has 0 unspecified atom stereocenters. The van der Waals surface area contributed by atoms with Crippen molar-refractivity contribution in [2.45, 2.75) is 18.0 Å². The Bertz CT molecular complexity index is 558. The van der Waals surface area contributed by atoms with Gasteiger partial charge in [-0.1, -0.05) is 6.92 Å². The maximum Gasteiger partial charge on any atom is 0.402 e. The minimum Gasteiger partial charge on any atom is -0.506 e. The SMILES string of the molecule is CCN(CC(F)(F)F)S(=O)(=O)c1ccc(O)c(N)c1. The fourth-order valence-electron chi connectivity index (χ4n) is 1.41. The Hall–Kier alpha value is -1.48. The minimum atomic E-state index is -4.63. The van der Waals surface area contributed by atoms with Crippen LogP contribution in [-0.4, -0.2) is 37.1 Å². The monoisotopic (exact) mass is 298 g/mol. The number of halogens is 3. The average molecular weight is 298 g/mol. The molecule has 0 spiro atoms. The van der Waals surface area contributed by atoms with Gasteiger partial charge < -0.3 is 10.8 Å². The van der Waals surface area contributed by atoms with E-state index in [0.717, 1.165) is 18.2 Å². The second kappa shape index (κ2) is 5.25. The summed E-state index contributed by atoms with van der Waals surface area (Å²) in [4.78, 5) is -0.395. The first-order valence-corrected chi connectivity index (χ1v) is 6.67. The van der Waals surface area contributed by atoms with Crippen molar-refractivity contribution in [2.75, 3.05) is 18.8 Å². The van der Waals surface area contributed by atoms with Crippen LogP contribution in [0.4, 0.5) is 18.9 Å². The highest BCUT2D eigenvalue weighted by Crippen LogP contribution is 2.27. The maximum atomic E-state index is 12.3. The Kier molecular flexibility index (Phi) is 4.31. The summed E-state index contributed by atoms with van der Waals surface area (Å²) < 4.78 is 61.2. The van der Waals surface area contributed by atoms with Crippen molar-refractivity contribution in [1.82, 2.24) is 4.31 Å². The van der Waals surface area contributed by atoms with Crippen LogP contribution in [0.15, 0.2) is 23.1 Å². The predicted octanol–water partition coefficient (Wildman–Crippen LogP) is 1.55. The van der Waals surface area contributed by atoms with Gasteiger partial charge in [0.1, 0.15) is 12.3 Å². The third-order valence-corrected chi connectivity index (χ3v) is 4.26. The van der Waals surface area contributed by atoms with E-state index >= 15 is 0 Å². The van der Waals surface area contributed by atoms with Gasteiger partial charge in [-0.25, -0.2) is 8.42 Å². The van der Waals surface area contributed by atoms with Crippen molar-refractivity contribution < 1.29 is 26.7 Å². The maximum absolute atomic E-state index is 12.3. The zero-order valence-electron chi connectivity index (χ0n) is 9.98. The number of hydrogen-bond donors (Lipinski definition) is 2. The van der Waals surface area contributed by atoms with Gasteiger partial charge in [-0.2, -0.15) is 17.5 Å². The molecule has 1 aromatic rings. The van der Waals surface area contributed by atoms with Gasteiger partial charge in [0.05, 0.1) is 10.6 Å². The molecule has 0 aromatic heterocycles. The molecule has 1 rings (SSSR count). The molecule has 0 radical (unpaired) electrons. The van der Waals surface area contributed by atoms with Crippen LogP contribution in [0.1, 0.15) is 6.92 Å². The molecule has 1 aromatic carbocycles. The summed E-state index contributed by atoms with van der Waals surface area (Å²) in [5, 5.41) is 9.18. The van der Waals surface area contributed by atoms with Crippen molar-refractivity contribution in [1.29, 1.82) is 0 Å². The molecule has 3 N–H and O–H groups in total. The van der Waals surface area contributed by atoms with Gasteiger partial charge in [0, 0.05) is 6.54 Å². The summed E-state index contributed by atoms with van der Waals surface area (Å²) in [6.45, 7) is -0.609. The van der Waals surface area contributed by atoms with E-state index in [-0.39, 0.29) is 18.0 Å². The number of rotatable bonds is 4. The van der Waals surface area contributed by atoms with Crippen LogP contribution >= 0.6 is 0 Å². The van der Waals surface area contributed by atoms with E-state index in [1.807, 2.05) is 0 Å². The second-order valence-electron chi connectivity index (χ2n) is 3.77. The van der Waals surface area contributed by atoms with Gasteiger partial charge in [-0.15, -0.1) is 0 Å². The highest BCUT2D eigenvalue weighted by Gasteiger charge is 2.36. The van der Waals surface area contributed by atoms with Crippen molar-refractivity contribution in [3.63, 3.8) is 0 Å². The summed E-state index contributed by atoms with van der Waals surface area (Å²) in [6.07, 6.45) is -4.63. The summed E-state index contributed by atoms with van der Waals surface area (Å²) >= 11 is 0. The Morgan fingerprint density at radius 1 is 1.37 bits per heavy atom. The van der Waals surface area contributed by atoms with Crippen molar-refractivity contribution >= 4 is 15.7 Å². The van der Waals surface area contributed by atoms with Crippen LogP contribution < -0.4 is 5.73 Å². The Balaban J connectivity index is 3.17. The number of phenolic OH excluding ortho intramolecular Hbond substituents is 1. The zero-order valence-corrected chi connectivity index (χ0v) is 10.8. The van der Waals surface area contributed by atoms with E-state index < -0.39 is 27.6 Å². The molecule has 0 atom stereocenters. The van der Waals surface area contributed by atoms with E-state index in [1.54, 1.807) is 0 Å². The number of sulfonamides is 1. The molecule has 0 saturated carbocycles. The molecule has 0 fully saturated rings. The quantitative estimate of drug-likeness (QED) is 0.652. The lowest BCUT2D eigenvalue weighted by molar-refractivity contribution is -0.135. The summed E-state index contributed by atoms with van der Waals surface area (Å²) in [6, 6.07) is 2.94. The summed E-state index contributed by atoms with van der Waals surface area (Å²) in [5.74, 6) is -0.335. The van der Waals surface area contributed by atoms with Gasteiger partial charge in [0.2, 0.25) is 10.0 Å². The molecule has 0 aliphatic rings. The zero-order chi connectivity index (χ0) is 14.8. The van der Waals surface area contributed by atoms with E-state index in [4.69, 9.17) is 5.73 Å². The molecule has 0 saturated heterocycles. The van der Waals surface area contributed by atoms with E-state index in [2.05, 4.69) is 0 Å². The normalized spacial score (nSPS) is 12.9. The molecule has 0 heterocycles. The number of nitrogen functional groups attached to an aromatic ring is 1. The number of hydrogen-bond acceptors (Lipinski definition) is 4. The van der Waals surface area contributed by atoms with Gasteiger partial charge in [0.25, 0.3) is 0 Å². The Labute approximate surface area is 108 Å². The number of nitrogens with two attached hydrogens (primary N) is 1. The average Bonchev–Trinajstić information content (AvgIpc) is 2.28. The standard InChI is InChI=1S/C10H13F3N2O3S/c1-2-15(6-10(11,12)13)19(17,18)7-3-4-9(16)8(14)5-7/h3-5,16H,2,6,14H2,1H3. The third kappa shape index (κ3) is 3.74.